The molecular formula is C32H28F6N2. The third-order valence-electron chi connectivity index (χ3n) is 6.60. The summed E-state index contributed by atoms with van der Waals surface area (Å²) in [4.78, 5) is 3.84. The second-order valence-electron chi connectivity index (χ2n) is 9.78. The van der Waals surface area contributed by atoms with Gasteiger partial charge in [-0.1, -0.05) is 48.5 Å². The summed E-state index contributed by atoms with van der Waals surface area (Å²) in [6.07, 6.45) is -9.01. The Labute approximate surface area is 229 Å². The van der Waals surface area contributed by atoms with Gasteiger partial charge in [-0.15, -0.1) is 0 Å². The van der Waals surface area contributed by atoms with Gasteiger partial charge in [0.05, 0.1) is 11.1 Å². The number of rotatable bonds is 6. The van der Waals surface area contributed by atoms with Gasteiger partial charge in [0.15, 0.2) is 0 Å². The Morgan fingerprint density at radius 3 is 0.825 bits per heavy atom. The zero-order chi connectivity index (χ0) is 29.2. The monoisotopic (exact) mass is 554 g/mol. The number of alkyl halides is 6. The molecule has 0 N–H and O–H groups in total. The highest BCUT2D eigenvalue weighted by molar-refractivity contribution is 6.04. The highest BCUT2D eigenvalue weighted by Gasteiger charge is 2.31. The summed E-state index contributed by atoms with van der Waals surface area (Å²) >= 11 is 0. The van der Waals surface area contributed by atoms with Crippen molar-refractivity contribution in [1.82, 2.24) is 0 Å². The van der Waals surface area contributed by atoms with E-state index in [1.165, 1.54) is 24.3 Å². The van der Waals surface area contributed by atoms with E-state index in [0.29, 0.717) is 33.4 Å². The molecule has 4 aromatic rings. The van der Waals surface area contributed by atoms with E-state index in [2.05, 4.69) is 0 Å². The first-order chi connectivity index (χ1) is 18.8. The molecule has 0 radical (unpaired) electrons. The number of anilines is 2. The number of nitrogens with zero attached hydrogens (tertiary/aromatic N) is 2. The maximum atomic E-state index is 13.4. The van der Waals surface area contributed by atoms with Crippen molar-refractivity contribution in [3.8, 4) is 0 Å². The second-order valence-corrected chi connectivity index (χ2v) is 9.78. The summed E-state index contributed by atoms with van der Waals surface area (Å²) in [6.45, 7) is 0. The van der Waals surface area contributed by atoms with Gasteiger partial charge in [0, 0.05) is 39.6 Å². The third kappa shape index (κ3) is 6.33. The van der Waals surface area contributed by atoms with Crippen LogP contribution in [0.3, 0.4) is 0 Å². The fraction of sp³-hybridized carbons (Fsp3) is 0.188. The third-order valence-corrected chi connectivity index (χ3v) is 6.60. The number of hydrogen-bond donors (Lipinski definition) is 0. The quantitative estimate of drug-likeness (QED) is 0.174. The molecule has 2 nitrogen and oxygen atoms in total. The molecule has 0 aliphatic rings. The van der Waals surface area contributed by atoms with Gasteiger partial charge in [0.1, 0.15) is 0 Å². The predicted molar refractivity (Wildman–Crippen MR) is 149 cm³/mol. The molecule has 0 aromatic heterocycles. The molecule has 8 heteroatoms. The van der Waals surface area contributed by atoms with E-state index < -0.39 is 23.5 Å². The van der Waals surface area contributed by atoms with Crippen molar-refractivity contribution in [3.63, 3.8) is 0 Å². The lowest BCUT2D eigenvalue weighted by Crippen LogP contribution is -2.09. The van der Waals surface area contributed by atoms with E-state index in [-0.39, 0.29) is 0 Å². The first-order valence-corrected chi connectivity index (χ1v) is 12.4. The molecule has 0 aliphatic heterocycles. The van der Waals surface area contributed by atoms with E-state index in [1.54, 1.807) is 0 Å². The standard InChI is InChI=1S/C32H28F6N2/c1-39(2)27-17-9-23(10-18-27)29(21-5-13-25(14-6-21)31(33,34)35)30(24-11-19-28(20-12-24)40(3)4)22-7-15-26(16-8-22)32(36,37)38/h5-20H,1-4H3/b30-29+. The van der Waals surface area contributed by atoms with Gasteiger partial charge in [-0.3, -0.25) is 0 Å². The lowest BCUT2D eigenvalue weighted by molar-refractivity contribution is -0.138. The van der Waals surface area contributed by atoms with Crippen LogP contribution in [0.5, 0.6) is 0 Å². The van der Waals surface area contributed by atoms with Crippen LogP contribution in [0.15, 0.2) is 97.1 Å². The zero-order valence-corrected chi connectivity index (χ0v) is 22.4. The summed E-state index contributed by atoms with van der Waals surface area (Å²) in [7, 11) is 7.56. The lowest BCUT2D eigenvalue weighted by Gasteiger charge is -2.21. The van der Waals surface area contributed by atoms with Gasteiger partial charge < -0.3 is 9.80 Å². The Hall–Kier alpha value is -4.20. The van der Waals surface area contributed by atoms with Crippen LogP contribution in [0.1, 0.15) is 33.4 Å². The molecule has 0 atom stereocenters. The molecule has 208 valence electrons. The maximum Gasteiger partial charge on any atom is 0.416 e. The van der Waals surface area contributed by atoms with Crippen LogP contribution in [0.4, 0.5) is 37.7 Å². The molecule has 0 spiro atoms. The van der Waals surface area contributed by atoms with Crippen molar-refractivity contribution in [1.29, 1.82) is 0 Å². The van der Waals surface area contributed by atoms with Crippen LogP contribution >= 0.6 is 0 Å². The molecule has 0 aliphatic carbocycles. The molecule has 0 unspecified atom stereocenters. The van der Waals surface area contributed by atoms with Gasteiger partial charge in [0.25, 0.3) is 0 Å². The van der Waals surface area contributed by atoms with Crippen molar-refractivity contribution in [2.75, 3.05) is 38.0 Å². The number of halogens is 6. The molecular weight excluding hydrogens is 526 g/mol. The molecule has 4 aromatic carbocycles. The summed E-state index contributed by atoms with van der Waals surface area (Å²) in [6, 6.07) is 24.7. The average molecular weight is 555 g/mol. The minimum atomic E-state index is -4.51. The summed E-state index contributed by atoms with van der Waals surface area (Å²) in [5.41, 5.74) is 3.86. The highest BCUT2D eigenvalue weighted by atomic mass is 19.4. The summed E-state index contributed by atoms with van der Waals surface area (Å²) < 4.78 is 80.3. The van der Waals surface area contributed by atoms with Crippen LogP contribution in [0, 0.1) is 0 Å². The van der Waals surface area contributed by atoms with E-state index in [9.17, 15) is 26.3 Å². The maximum absolute atomic E-state index is 13.4. The average Bonchev–Trinajstić information content (AvgIpc) is 2.91. The van der Waals surface area contributed by atoms with E-state index >= 15 is 0 Å². The second kappa shape index (κ2) is 11.1. The van der Waals surface area contributed by atoms with E-state index in [4.69, 9.17) is 0 Å². The van der Waals surface area contributed by atoms with E-state index in [1.807, 2.05) is 86.5 Å². The van der Waals surface area contributed by atoms with Gasteiger partial charge in [-0.2, -0.15) is 26.3 Å². The van der Waals surface area contributed by atoms with Crippen molar-refractivity contribution in [2.24, 2.45) is 0 Å². The van der Waals surface area contributed by atoms with Crippen LogP contribution < -0.4 is 9.80 Å². The lowest BCUT2D eigenvalue weighted by atomic mass is 9.85. The van der Waals surface area contributed by atoms with E-state index in [0.717, 1.165) is 35.6 Å². The van der Waals surface area contributed by atoms with Gasteiger partial charge in [-0.05, 0) is 81.9 Å². The molecule has 0 fully saturated rings. The Balaban J connectivity index is 2.04. The molecule has 0 saturated carbocycles. The summed E-state index contributed by atoms with van der Waals surface area (Å²) in [5.74, 6) is 0. The molecule has 0 heterocycles. The smallest absolute Gasteiger partial charge is 0.378 e. The highest BCUT2D eigenvalue weighted by Crippen LogP contribution is 2.40. The van der Waals surface area contributed by atoms with Crippen LogP contribution in [0.2, 0.25) is 0 Å². The first kappa shape index (κ1) is 28.8. The fourth-order valence-electron chi connectivity index (χ4n) is 4.41. The van der Waals surface area contributed by atoms with Gasteiger partial charge >= 0.3 is 12.4 Å². The van der Waals surface area contributed by atoms with Crippen molar-refractivity contribution in [2.45, 2.75) is 12.4 Å². The Bertz CT molecular complexity index is 1350. The minimum absolute atomic E-state index is 0.497. The fourth-order valence-corrected chi connectivity index (χ4v) is 4.41. The summed E-state index contributed by atoms with van der Waals surface area (Å²) in [5, 5.41) is 0. The number of benzene rings is 4. The first-order valence-electron chi connectivity index (χ1n) is 12.4. The van der Waals surface area contributed by atoms with Gasteiger partial charge in [-0.25, -0.2) is 0 Å². The predicted octanol–water partition coefficient (Wildman–Crippen LogP) is 8.86. The van der Waals surface area contributed by atoms with Crippen LogP contribution in [-0.4, -0.2) is 28.2 Å². The number of hydrogen-bond acceptors (Lipinski definition) is 2. The largest absolute Gasteiger partial charge is 0.416 e. The molecule has 40 heavy (non-hydrogen) atoms. The van der Waals surface area contributed by atoms with Crippen molar-refractivity contribution < 1.29 is 26.3 Å². The normalized spacial score (nSPS) is 12.7. The molecule has 0 amide bonds. The topological polar surface area (TPSA) is 6.48 Å². The van der Waals surface area contributed by atoms with Crippen molar-refractivity contribution >= 4 is 22.5 Å². The Morgan fingerprint density at radius 1 is 0.400 bits per heavy atom. The molecule has 0 saturated heterocycles. The SMILES string of the molecule is CN(C)c1ccc(/C(=C(/c2ccc(N(C)C)cc2)c2ccc(C(F)(F)F)cc2)c2ccc(C(F)(F)F)cc2)cc1. The Morgan fingerprint density at radius 2 is 0.625 bits per heavy atom. The molecule has 4 rings (SSSR count). The van der Waals surface area contributed by atoms with Crippen LogP contribution in [-0.2, 0) is 12.4 Å². The minimum Gasteiger partial charge on any atom is -0.378 e. The van der Waals surface area contributed by atoms with Crippen molar-refractivity contribution in [3.05, 3.63) is 130 Å². The Kier molecular flexibility index (Phi) is 8.00. The van der Waals surface area contributed by atoms with Gasteiger partial charge in [0.2, 0.25) is 0 Å². The van der Waals surface area contributed by atoms with Crippen LogP contribution in [0.25, 0.3) is 11.1 Å². The zero-order valence-electron chi connectivity index (χ0n) is 22.4. The molecule has 0 bridgehead atoms.